The van der Waals surface area contributed by atoms with Crippen LogP contribution in [-0.2, 0) is 0 Å². The van der Waals surface area contributed by atoms with Crippen LogP contribution in [0.4, 0.5) is 0 Å². The van der Waals surface area contributed by atoms with Crippen molar-refractivity contribution in [2.75, 3.05) is 0 Å². The quantitative estimate of drug-likeness (QED) is 0.611. The summed E-state index contributed by atoms with van der Waals surface area (Å²) in [5, 5.41) is 13.3. The van der Waals surface area contributed by atoms with Gasteiger partial charge in [0.05, 0.1) is 11.0 Å². The van der Waals surface area contributed by atoms with Gasteiger partial charge in [-0.15, -0.1) is 0 Å². The molecule has 1 aromatic heterocycles. The summed E-state index contributed by atoms with van der Waals surface area (Å²) in [5.74, 6) is 0.194. The third kappa shape index (κ3) is 2.42. The van der Waals surface area contributed by atoms with Crippen LogP contribution in [0.5, 0.6) is 0 Å². The van der Waals surface area contributed by atoms with E-state index in [1.807, 2.05) is 66.7 Å². The highest BCUT2D eigenvalue weighted by molar-refractivity contribution is 6.07. The lowest BCUT2D eigenvalue weighted by Crippen LogP contribution is -2.08. The smallest absolute Gasteiger partial charge is 0.125 e. The maximum Gasteiger partial charge on any atom is 0.125 e. The van der Waals surface area contributed by atoms with Crippen molar-refractivity contribution < 1.29 is 5.11 Å². The van der Waals surface area contributed by atoms with Crippen LogP contribution in [0.2, 0.25) is 0 Å². The number of aliphatic hydroxyl groups excluding tert-OH is 1. The second-order valence-electron chi connectivity index (χ2n) is 5.34. The van der Waals surface area contributed by atoms with Gasteiger partial charge in [-0.05, 0) is 29.2 Å². The van der Waals surface area contributed by atoms with E-state index in [4.69, 9.17) is 0 Å². The first kappa shape index (κ1) is 13.5. The number of aromatic nitrogens is 2. The fourth-order valence-electron chi connectivity index (χ4n) is 2.77. The summed E-state index contributed by atoms with van der Waals surface area (Å²) in [7, 11) is 0. The maximum atomic E-state index is 10.5. The van der Waals surface area contributed by atoms with E-state index in [9.17, 15) is 5.11 Å². The third-order valence-electron chi connectivity index (χ3n) is 3.89. The van der Waals surface area contributed by atoms with Crippen molar-refractivity contribution >= 4 is 33.6 Å². The van der Waals surface area contributed by atoms with Crippen LogP contribution < -0.4 is 5.22 Å². The van der Waals surface area contributed by atoms with Gasteiger partial charge in [0.1, 0.15) is 12.1 Å². The van der Waals surface area contributed by atoms with Gasteiger partial charge in [-0.25, -0.2) is 9.97 Å². The molecule has 0 saturated heterocycles. The molecule has 4 rings (SSSR count). The first-order chi connectivity index (χ1) is 11.3. The van der Waals surface area contributed by atoms with Crippen LogP contribution in [-0.4, -0.2) is 15.1 Å². The number of hydrogen-bond donors (Lipinski definition) is 1. The lowest BCUT2D eigenvalue weighted by molar-refractivity contribution is 0.513. The van der Waals surface area contributed by atoms with Gasteiger partial charge in [0.25, 0.3) is 0 Å². The zero-order valence-electron chi connectivity index (χ0n) is 12.3. The summed E-state index contributed by atoms with van der Waals surface area (Å²) in [5.41, 5.74) is 2.69. The van der Waals surface area contributed by atoms with E-state index in [-0.39, 0.29) is 5.76 Å². The van der Waals surface area contributed by atoms with Crippen LogP contribution >= 0.6 is 0 Å². The Labute approximate surface area is 133 Å². The molecule has 0 fully saturated rings. The highest BCUT2D eigenvalue weighted by atomic mass is 16.3. The lowest BCUT2D eigenvalue weighted by Gasteiger charge is -2.04. The van der Waals surface area contributed by atoms with E-state index in [2.05, 4.69) is 9.97 Å². The Morgan fingerprint density at radius 1 is 0.870 bits per heavy atom. The average Bonchev–Trinajstić information content (AvgIpc) is 2.61. The van der Waals surface area contributed by atoms with Crippen LogP contribution in [0.1, 0.15) is 5.56 Å². The highest BCUT2D eigenvalue weighted by Crippen LogP contribution is 2.21. The van der Waals surface area contributed by atoms with Gasteiger partial charge in [0.2, 0.25) is 0 Å². The van der Waals surface area contributed by atoms with Crippen molar-refractivity contribution in [2.45, 2.75) is 0 Å². The molecule has 23 heavy (non-hydrogen) atoms. The predicted octanol–water partition coefficient (Wildman–Crippen LogP) is 3.88. The molecule has 0 amide bonds. The number of aliphatic hydroxyl groups is 1. The Morgan fingerprint density at radius 3 is 2.61 bits per heavy atom. The molecular formula is C20H14N2O. The predicted molar refractivity (Wildman–Crippen MR) is 93.8 cm³/mol. The van der Waals surface area contributed by atoms with Crippen molar-refractivity contribution in [3.63, 3.8) is 0 Å². The van der Waals surface area contributed by atoms with Gasteiger partial charge in [0, 0.05) is 10.6 Å². The highest BCUT2D eigenvalue weighted by Gasteiger charge is 2.06. The number of benzene rings is 3. The van der Waals surface area contributed by atoms with E-state index in [0.717, 1.165) is 27.4 Å². The van der Waals surface area contributed by atoms with Crippen LogP contribution in [0.25, 0.3) is 33.6 Å². The molecule has 3 nitrogen and oxygen atoms in total. The van der Waals surface area contributed by atoms with Crippen molar-refractivity contribution in [1.29, 1.82) is 0 Å². The number of nitrogens with zero attached hydrogens (tertiary/aromatic N) is 2. The first-order valence-electron chi connectivity index (χ1n) is 7.41. The Bertz CT molecular complexity index is 1050. The molecule has 0 spiro atoms. The molecule has 0 saturated carbocycles. The molecule has 0 aliphatic carbocycles. The van der Waals surface area contributed by atoms with Gasteiger partial charge in [0.15, 0.2) is 0 Å². The number of rotatable bonds is 2. The average molecular weight is 298 g/mol. The van der Waals surface area contributed by atoms with Gasteiger partial charge < -0.3 is 5.11 Å². The SMILES string of the molecule is OC(/C=C/c1ccccc1)=c1/ccc2cccc3ncnc1c23. The first-order valence-corrected chi connectivity index (χ1v) is 7.41. The minimum Gasteiger partial charge on any atom is -0.507 e. The summed E-state index contributed by atoms with van der Waals surface area (Å²) in [6, 6.07) is 19.7. The van der Waals surface area contributed by atoms with E-state index in [0.29, 0.717) is 5.22 Å². The molecule has 4 aromatic rings. The second-order valence-corrected chi connectivity index (χ2v) is 5.34. The topological polar surface area (TPSA) is 46.0 Å². The van der Waals surface area contributed by atoms with Gasteiger partial charge in [-0.1, -0.05) is 54.6 Å². The molecule has 110 valence electrons. The molecule has 1 N–H and O–H groups in total. The van der Waals surface area contributed by atoms with E-state index >= 15 is 0 Å². The fourth-order valence-corrected chi connectivity index (χ4v) is 2.77. The summed E-state index contributed by atoms with van der Waals surface area (Å²) < 4.78 is 0. The van der Waals surface area contributed by atoms with Gasteiger partial charge in [-0.2, -0.15) is 0 Å². The molecule has 0 aliphatic heterocycles. The molecule has 1 heterocycles. The Balaban J connectivity index is 1.94. The molecule has 0 radical (unpaired) electrons. The van der Waals surface area contributed by atoms with Crippen LogP contribution in [0.3, 0.4) is 0 Å². The fraction of sp³-hybridized carbons (Fsp3) is 0. The lowest BCUT2D eigenvalue weighted by atomic mass is 10.1. The second kappa shape index (κ2) is 5.54. The van der Waals surface area contributed by atoms with Crippen molar-refractivity contribution in [3.8, 4) is 0 Å². The summed E-state index contributed by atoms with van der Waals surface area (Å²) >= 11 is 0. The molecule has 3 heteroatoms. The molecule has 0 atom stereocenters. The van der Waals surface area contributed by atoms with Crippen molar-refractivity contribution in [3.05, 3.63) is 83.8 Å². The molecule has 3 aromatic carbocycles. The van der Waals surface area contributed by atoms with Crippen molar-refractivity contribution in [1.82, 2.24) is 9.97 Å². The largest absolute Gasteiger partial charge is 0.507 e. The minimum atomic E-state index is 0.194. The summed E-state index contributed by atoms with van der Waals surface area (Å²) in [6.45, 7) is 0. The third-order valence-corrected chi connectivity index (χ3v) is 3.89. The standard InChI is InChI=1S/C20H14N2O/c23-18(12-9-14-5-2-1-3-6-14)16-11-10-15-7-4-8-17-19(15)20(16)22-13-21-17/h1-13,23H/b12-9+,18-16-. The minimum absolute atomic E-state index is 0.194. The van der Waals surface area contributed by atoms with Gasteiger partial charge in [-0.3, -0.25) is 0 Å². The molecular weight excluding hydrogens is 284 g/mol. The summed E-state index contributed by atoms with van der Waals surface area (Å²) in [6.07, 6.45) is 5.13. The number of hydrogen-bond acceptors (Lipinski definition) is 3. The van der Waals surface area contributed by atoms with Crippen LogP contribution in [0, 0.1) is 0 Å². The Morgan fingerprint density at radius 2 is 1.74 bits per heavy atom. The Kier molecular flexibility index (Phi) is 3.24. The molecule has 0 aliphatic rings. The van der Waals surface area contributed by atoms with Gasteiger partial charge >= 0.3 is 0 Å². The molecule has 0 unspecified atom stereocenters. The van der Waals surface area contributed by atoms with Crippen LogP contribution in [0.15, 0.2) is 73.1 Å². The Hall–Kier alpha value is -3.20. The van der Waals surface area contributed by atoms with Crippen molar-refractivity contribution in [2.24, 2.45) is 0 Å². The monoisotopic (exact) mass is 298 g/mol. The normalized spacial score (nSPS) is 13.0. The summed E-state index contributed by atoms with van der Waals surface area (Å²) in [4.78, 5) is 8.69. The van der Waals surface area contributed by atoms with E-state index in [1.165, 1.54) is 6.33 Å². The zero-order chi connectivity index (χ0) is 15.6. The van der Waals surface area contributed by atoms with E-state index < -0.39 is 0 Å². The van der Waals surface area contributed by atoms with E-state index in [1.54, 1.807) is 6.08 Å². The molecule has 0 bridgehead atoms. The maximum absolute atomic E-state index is 10.5. The zero-order valence-corrected chi connectivity index (χ0v) is 12.3.